The average Bonchev–Trinajstić information content (AvgIpc) is 2.87. The molecule has 2 N–H and O–H groups in total. The molecular weight excluding hydrogens is 346 g/mol. The highest BCUT2D eigenvalue weighted by Crippen LogP contribution is 2.30. The van der Waals surface area contributed by atoms with Gasteiger partial charge < -0.3 is 15.4 Å². The number of ether oxygens (including phenoxy) is 1. The lowest BCUT2D eigenvalue weighted by Gasteiger charge is -2.10. The summed E-state index contributed by atoms with van der Waals surface area (Å²) in [7, 11) is 3.01. The van der Waals surface area contributed by atoms with Gasteiger partial charge in [-0.3, -0.25) is 19.3 Å². The van der Waals surface area contributed by atoms with Crippen LogP contribution >= 0.6 is 0 Å². The number of carbonyl (C=O) groups excluding carboxylic acids is 3. The minimum atomic E-state index is -0.406. The third kappa shape index (κ3) is 3.67. The van der Waals surface area contributed by atoms with E-state index in [2.05, 4.69) is 10.6 Å². The van der Waals surface area contributed by atoms with Crippen LogP contribution in [0, 0.1) is 0 Å². The number of benzene rings is 2. The Bertz CT molecular complexity index is 931. The number of rotatable bonds is 5. The highest BCUT2D eigenvalue weighted by molar-refractivity contribution is 6.36. The van der Waals surface area contributed by atoms with Gasteiger partial charge in [-0.15, -0.1) is 0 Å². The molecule has 1 aliphatic heterocycles. The van der Waals surface area contributed by atoms with Crippen LogP contribution in [0.15, 0.2) is 54.2 Å². The molecule has 0 unspecified atom stereocenters. The molecule has 2 aromatic rings. The molecule has 7 heteroatoms. The Morgan fingerprint density at radius 3 is 2.07 bits per heavy atom. The summed E-state index contributed by atoms with van der Waals surface area (Å²) in [5, 5.41) is 5.71. The minimum absolute atomic E-state index is 0.168. The Morgan fingerprint density at radius 1 is 0.926 bits per heavy atom. The second kappa shape index (κ2) is 7.33. The molecule has 0 bridgehead atoms. The van der Waals surface area contributed by atoms with Crippen molar-refractivity contribution in [2.24, 2.45) is 0 Å². The fourth-order valence-corrected chi connectivity index (χ4v) is 2.77. The molecule has 27 heavy (non-hydrogen) atoms. The van der Waals surface area contributed by atoms with E-state index in [1.807, 2.05) is 0 Å². The number of amides is 3. The van der Waals surface area contributed by atoms with Crippen LogP contribution in [0.25, 0.3) is 5.57 Å². The number of nitrogens with zero attached hydrogens (tertiary/aromatic N) is 1. The van der Waals surface area contributed by atoms with Gasteiger partial charge in [-0.25, -0.2) is 0 Å². The van der Waals surface area contributed by atoms with Crippen molar-refractivity contribution in [1.82, 2.24) is 4.90 Å². The van der Waals surface area contributed by atoms with Crippen LogP contribution in [-0.4, -0.2) is 36.8 Å². The second-order valence-corrected chi connectivity index (χ2v) is 6.03. The summed E-state index contributed by atoms with van der Waals surface area (Å²) in [5.41, 5.74) is 2.40. The molecule has 0 fully saturated rings. The first-order valence-corrected chi connectivity index (χ1v) is 8.26. The number of anilines is 2. The molecule has 3 rings (SSSR count). The first-order chi connectivity index (χ1) is 12.9. The summed E-state index contributed by atoms with van der Waals surface area (Å²) in [4.78, 5) is 37.3. The zero-order valence-corrected chi connectivity index (χ0v) is 15.2. The predicted octanol–water partition coefficient (Wildman–Crippen LogP) is 2.48. The van der Waals surface area contributed by atoms with E-state index < -0.39 is 5.91 Å². The molecule has 1 aliphatic rings. The molecule has 0 spiro atoms. The minimum Gasteiger partial charge on any atom is -0.497 e. The first kappa shape index (κ1) is 18.2. The number of methoxy groups -OCH3 is 1. The van der Waals surface area contributed by atoms with Crippen LogP contribution in [0.1, 0.15) is 12.5 Å². The summed E-state index contributed by atoms with van der Waals surface area (Å²) in [6.45, 7) is 1.43. The third-order valence-corrected chi connectivity index (χ3v) is 4.14. The Kier molecular flexibility index (Phi) is 4.94. The van der Waals surface area contributed by atoms with Gasteiger partial charge in [-0.2, -0.15) is 0 Å². The van der Waals surface area contributed by atoms with Crippen molar-refractivity contribution >= 4 is 34.7 Å². The standard InChI is InChI=1S/C20H19N3O4/c1-12(24)21-14-6-8-15(9-7-14)22-18-17(19(25)23(2)20(18)26)13-4-10-16(27-3)11-5-13/h4-11,22H,1-3H3,(H,21,24). The topological polar surface area (TPSA) is 87.7 Å². The Labute approximate surface area is 156 Å². The van der Waals surface area contributed by atoms with E-state index in [0.29, 0.717) is 28.3 Å². The van der Waals surface area contributed by atoms with Crippen molar-refractivity contribution in [3.8, 4) is 5.75 Å². The van der Waals surface area contributed by atoms with E-state index in [-0.39, 0.29) is 17.5 Å². The summed E-state index contributed by atoms with van der Waals surface area (Å²) >= 11 is 0. The largest absolute Gasteiger partial charge is 0.497 e. The Hall–Kier alpha value is -3.61. The fourth-order valence-electron chi connectivity index (χ4n) is 2.77. The summed E-state index contributed by atoms with van der Waals surface area (Å²) in [5.74, 6) is -0.287. The SMILES string of the molecule is COc1ccc(C2=C(Nc3ccc(NC(C)=O)cc3)C(=O)N(C)C2=O)cc1. The maximum Gasteiger partial charge on any atom is 0.277 e. The smallest absolute Gasteiger partial charge is 0.277 e. The highest BCUT2D eigenvalue weighted by atomic mass is 16.5. The van der Waals surface area contributed by atoms with Gasteiger partial charge in [0.2, 0.25) is 5.91 Å². The van der Waals surface area contributed by atoms with Crippen LogP contribution in [0.5, 0.6) is 5.75 Å². The zero-order chi connectivity index (χ0) is 19.6. The molecule has 0 radical (unpaired) electrons. The fraction of sp³-hybridized carbons (Fsp3) is 0.150. The Balaban J connectivity index is 1.95. The van der Waals surface area contributed by atoms with Gasteiger partial charge in [-0.05, 0) is 42.0 Å². The van der Waals surface area contributed by atoms with Crippen LogP contribution in [-0.2, 0) is 14.4 Å². The van der Waals surface area contributed by atoms with Crippen LogP contribution < -0.4 is 15.4 Å². The van der Waals surface area contributed by atoms with Gasteiger partial charge >= 0.3 is 0 Å². The van der Waals surface area contributed by atoms with Crippen molar-refractivity contribution in [2.75, 3.05) is 24.8 Å². The third-order valence-electron chi connectivity index (χ3n) is 4.14. The van der Waals surface area contributed by atoms with Gasteiger partial charge in [-0.1, -0.05) is 12.1 Å². The van der Waals surface area contributed by atoms with Gasteiger partial charge in [0.15, 0.2) is 0 Å². The molecule has 0 aliphatic carbocycles. The van der Waals surface area contributed by atoms with Crippen molar-refractivity contribution in [1.29, 1.82) is 0 Å². The number of carbonyl (C=O) groups is 3. The van der Waals surface area contributed by atoms with Crippen LogP contribution in [0.4, 0.5) is 11.4 Å². The van der Waals surface area contributed by atoms with Crippen molar-refractivity contribution < 1.29 is 19.1 Å². The van der Waals surface area contributed by atoms with E-state index in [9.17, 15) is 14.4 Å². The Morgan fingerprint density at radius 2 is 1.52 bits per heavy atom. The van der Waals surface area contributed by atoms with E-state index in [1.165, 1.54) is 14.0 Å². The van der Waals surface area contributed by atoms with E-state index >= 15 is 0 Å². The maximum atomic E-state index is 12.6. The molecule has 3 amide bonds. The first-order valence-electron chi connectivity index (χ1n) is 8.26. The molecule has 2 aromatic carbocycles. The highest BCUT2D eigenvalue weighted by Gasteiger charge is 2.36. The van der Waals surface area contributed by atoms with Crippen LogP contribution in [0.3, 0.4) is 0 Å². The summed E-state index contributed by atoms with van der Waals surface area (Å²) in [6, 6.07) is 13.8. The summed E-state index contributed by atoms with van der Waals surface area (Å²) in [6.07, 6.45) is 0. The number of nitrogens with one attached hydrogen (secondary N) is 2. The van der Waals surface area contributed by atoms with Gasteiger partial charge in [0.25, 0.3) is 11.8 Å². The van der Waals surface area contributed by atoms with Gasteiger partial charge in [0, 0.05) is 25.3 Å². The predicted molar refractivity (Wildman–Crippen MR) is 102 cm³/mol. The van der Waals surface area contributed by atoms with E-state index in [4.69, 9.17) is 4.74 Å². The quantitative estimate of drug-likeness (QED) is 0.795. The molecular formula is C20H19N3O4. The molecule has 138 valence electrons. The maximum absolute atomic E-state index is 12.6. The van der Waals surface area contributed by atoms with Crippen molar-refractivity contribution in [3.63, 3.8) is 0 Å². The molecule has 0 saturated carbocycles. The number of hydrogen-bond acceptors (Lipinski definition) is 5. The van der Waals surface area contributed by atoms with Gasteiger partial charge in [0.05, 0.1) is 12.7 Å². The summed E-state index contributed by atoms with van der Waals surface area (Å²) < 4.78 is 5.14. The van der Waals surface area contributed by atoms with Crippen LogP contribution in [0.2, 0.25) is 0 Å². The normalized spacial score (nSPS) is 13.8. The van der Waals surface area contributed by atoms with Crippen molar-refractivity contribution in [2.45, 2.75) is 6.92 Å². The zero-order valence-electron chi connectivity index (χ0n) is 15.2. The number of hydrogen-bond donors (Lipinski definition) is 2. The number of likely N-dealkylation sites (N-methyl/N-ethyl adjacent to an activating group) is 1. The molecule has 0 saturated heterocycles. The van der Waals surface area contributed by atoms with Gasteiger partial charge in [0.1, 0.15) is 11.4 Å². The molecule has 1 heterocycles. The second-order valence-electron chi connectivity index (χ2n) is 6.03. The monoisotopic (exact) mass is 365 g/mol. The molecule has 0 atom stereocenters. The lowest BCUT2D eigenvalue weighted by Crippen LogP contribution is -2.27. The lowest BCUT2D eigenvalue weighted by atomic mass is 10.0. The molecule has 7 nitrogen and oxygen atoms in total. The van der Waals surface area contributed by atoms with E-state index in [0.717, 1.165) is 4.90 Å². The lowest BCUT2D eigenvalue weighted by molar-refractivity contribution is -0.135. The average molecular weight is 365 g/mol. The number of imide groups is 1. The molecule has 0 aromatic heterocycles. The van der Waals surface area contributed by atoms with E-state index in [1.54, 1.807) is 55.6 Å². The van der Waals surface area contributed by atoms with Crippen molar-refractivity contribution in [3.05, 3.63) is 59.8 Å².